The van der Waals surface area contributed by atoms with Crippen LogP contribution in [0.5, 0.6) is 5.75 Å². The summed E-state index contributed by atoms with van der Waals surface area (Å²) in [5, 5.41) is 8.38. The van der Waals surface area contributed by atoms with Gasteiger partial charge in [0.1, 0.15) is 5.75 Å². The minimum absolute atomic E-state index is 0.199. The number of thioether (sulfide) groups is 1. The molecule has 1 aromatic carbocycles. The van der Waals surface area contributed by atoms with Crippen molar-refractivity contribution in [3.8, 4) is 17.1 Å². The summed E-state index contributed by atoms with van der Waals surface area (Å²) in [4.78, 5) is 18.3. The summed E-state index contributed by atoms with van der Waals surface area (Å²) in [6.45, 7) is 5.51. The molecular weight excluding hydrogens is 360 g/mol. The van der Waals surface area contributed by atoms with Gasteiger partial charge in [-0.2, -0.15) is 0 Å². The van der Waals surface area contributed by atoms with Crippen LogP contribution >= 0.6 is 23.4 Å². The smallest absolute Gasteiger partial charge is 0.222 e. The lowest BCUT2D eigenvalue weighted by atomic mass is 10.2. The topological polar surface area (TPSA) is 71.1 Å². The van der Waals surface area contributed by atoms with Gasteiger partial charge in [-0.05, 0) is 38.5 Å². The highest BCUT2D eigenvalue weighted by atomic mass is 35.5. The van der Waals surface area contributed by atoms with Crippen molar-refractivity contribution < 1.29 is 9.53 Å². The Hall–Kier alpha value is -1.73. The lowest BCUT2D eigenvalue weighted by Gasteiger charge is -2.18. The molecule has 2 aromatic rings. The van der Waals surface area contributed by atoms with Crippen LogP contribution in [0.4, 0.5) is 0 Å². The van der Waals surface area contributed by atoms with E-state index < -0.39 is 0 Å². The zero-order valence-corrected chi connectivity index (χ0v) is 16.3. The number of nitrogens with one attached hydrogen (secondary N) is 1. The molecule has 0 fully saturated rings. The fourth-order valence-electron chi connectivity index (χ4n) is 2.42. The molecule has 0 aliphatic rings. The zero-order chi connectivity index (χ0) is 18.2. The Bertz CT molecular complexity index is 704. The molecule has 8 heteroatoms. The number of hydrogen-bond acceptors (Lipinski definition) is 5. The number of ether oxygens (including phenoxy) is 1. The lowest BCUT2D eigenvalue weighted by Crippen LogP contribution is -2.30. The molecule has 136 valence electrons. The van der Waals surface area contributed by atoms with E-state index in [2.05, 4.69) is 15.2 Å². The quantitative estimate of drug-likeness (QED) is 0.526. The van der Waals surface area contributed by atoms with E-state index in [0.717, 1.165) is 30.8 Å². The molecule has 0 aliphatic heterocycles. The highest BCUT2D eigenvalue weighted by Crippen LogP contribution is 2.31. The molecule has 0 aliphatic carbocycles. The van der Waals surface area contributed by atoms with Gasteiger partial charge in [0.25, 0.3) is 0 Å². The van der Waals surface area contributed by atoms with E-state index in [1.807, 2.05) is 18.7 Å². The summed E-state index contributed by atoms with van der Waals surface area (Å²) in [6.07, 6.45) is 1.35. The molecule has 0 bridgehead atoms. The van der Waals surface area contributed by atoms with Gasteiger partial charge in [0.15, 0.2) is 5.82 Å². The molecule has 1 N–H and O–H groups in total. The average molecular weight is 383 g/mol. The van der Waals surface area contributed by atoms with Gasteiger partial charge in [-0.1, -0.05) is 23.4 Å². The maximum Gasteiger partial charge on any atom is 0.222 e. The largest absolute Gasteiger partial charge is 0.496 e. The first-order valence-electron chi connectivity index (χ1n) is 8.25. The van der Waals surface area contributed by atoms with Gasteiger partial charge in [0.2, 0.25) is 11.1 Å². The van der Waals surface area contributed by atoms with E-state index in [-0.39, 0.29) is 5.91 Å². The van der Waals surface area contributed by atoms with Crippen LogP contribution in [0.25, 0.3) is 11.4 Å². The summed E-state index contributed by atoms with van der Waals surface area (Å²) < 4.78 is 5.34. The molecule has 0 unspecified atom stereocenters. The van der Waals surface area contributed by atoms with Crippen molar-refractivity contribution in [2.24, 2.45) is 0 Å². The SMILES string of the molecule is CCN(CC)C(=O)CCCSc1n[nH]c(-c2cc(Cl)ccc2OC)n1. The van der Waals surface area contributed by atoms with Crippen LogP contribution in [0.2, 0.25) is 5.02 Å². The predicted octanol–water partition coefficient (Wildman–Crippen LogP) is 3.87. The van der Waals surface area contributed by atoms with Crippen LogP contribution in [0.15, 0.2) is 23.4 Å². The monoisotopic (exact) mass is 382 g/mol. The number of aromatic amines is 1. The second kappa shape index (κ2) is 9.68. The van der Waals surface area contributed by atoms with Gasteiger partial charge in [0, 0.05) is 30.3 Å². The Balaban J connectivity index is 1.90. The number of rotatable bonds is 9. The van der Waals surface area contributed by atoms with Gasteiger partial charge >= 0.3 is 0 Å². The van der Waals surface area contributed by atoms with Crippen LogP contribution in [0, 0.1) is 0 Å². The molecule has 1 heterocycles. The van der Waals surface area contributed by atoms with Gasteiger partial charge in [0.05, 0.1) is 12.7 Å². The molecule has 6 nitrogen and oxygen atoms in total. The van der Waals surface area contributed by atoms with E-state index in [4.69, 9.17) is 16.3 Å². The van der Waals surface area contributed by atoms with Crippen molar-refractivity contribution in [3.05, 3.63) is 23.2 Å². The number of carbonyl (C=O) groups excluding carboxylic acids is 1. The van der Waals surface area contributed by atoms with Crippen molar-refractivity contribution in [2.45, 2.75) is 31.8 Å². The number of H-pyrrole nitrogens is 1. The van der Waals surface area contributed by atoms with Crippen molar-refractivity contribution >= 4 is 29.3 Å². The zero-order valence-electron chi connectivity index (χ0n) is 14.7. The summed E-state index contributed by atoms with van der Waals surface area (Å²) >= 11 is 7.58. The molecule has 0 saturated carbocycles. The van der Waals surface area contributed by atoms with E-state index >= 15 is 0 Å². The van der Waals surface area contributed by atoms with Crippen molar-refractivity contribution in [2.75, 3.05) is 26.0 Å². The Morgan fingerprint density at radius 2 is 2.12 bits per heavy atom. The number of halogens is 1. The van der Waals surface area contributed by atoms with Crippen LogP contribution in [0.3, 0.4) is 0 Å². The Morgan fingerprint density at radius 1 is 1.36 bits per heavy atom. The second-order valence-corrected chi connectivity index (χ2v) is 6.83. The second-order valence-electron chi connectivity index (χ2n) is 5.33. The van der Waals surface area contributed by atoms with Crippen LogP contribution < -0.4 is 4.74 Å². The normalized spacial score (nSPS) is 10.7. The Kier molecular flexibility index (Phi) is 7.58. The predicted molar refractivity (Wildman–Crippen MR) is 101 cm³/mol. The maximum atomic E-state index is 12.0. The van der Waals surface area contributed by atoms with E-state index in [1.54, 1.807) is 25.3 Å². The van der Waals surface area contributed by atoms with Gasteiger partial charge in [-0.25, -0.2) is 4.98 Å². The first-order chi connectivity index (χ1) is 12.1. The summed E-state index contributed by atoms with van der Waals surface area (Å²) in [5.74, 6) is 2.28. The number of carbonyl (C=O) groups is 1. The molecule has 1 amide bonds. The molecule has 2 rings (SSSR count). The maximum absolute atomic E-state index is 12.0. The standard InChI is InChI=1S/C17H23ClN4O2S/c1-4-22(5-2)15(23)7-6-10-25-17-19-16(20-21-17)13-11-12(18)8-9-14(13)24-3/h8-9,11H,4-7,10H2,1-3H3,(H,19,20,21). The van der Waals surface area contributed by atoms with Gasteiger partial charge in [-0.3, -0.25) is 9.89 Å². The molecule has 1 aromatic heterocycles. The highest BCUT2D eigenvalue weighted by Gasteiger charge is 2.13. The fourth-order valence-corrected chi connectivity index (χ4v) is 3.33. The molecule has 25 heavy (non-hydrogen) atoms. The van der Waals surface area contributed by atoms with Gasteiger partial charge in [-0.15, -0.1) is 5.10 Å². The Morgan fingerprint density at radius 3 is 2.80 bits per heavy atom. The lowest BCUT2D eigenvalue weighted by molar-refractivity contribution is -0.130. The van der Waals surface area contributed by atoms with Crippen LogP contribution in [-0.2, 0) is 4.79 Å². The number of benzene rings is 1. The highest BCUT2D eigenvalue weighted by molar-refractivity contribution is 7.99. The Labute approximate surface area is 157 Å². The summed E-state index contributed by atoms with van der Waals surface area (Å²) in [7, 11) is 1.60. The third-order valence-corrected chi connectivity index (χ3v) is 4.93. The number of methoxy groups -OCH3 is 1. The van der Waals surface area contributed by atoms with Crippen molar-refractivity contribution in [1.82, 2.24) is 20.1 Å². The van der Waals surface area contributed by atoms with Crippen LogP contribution in [-0.4, -0.2) is 51.9 Å². The first kappa shape index (κ1) is 19.6. The molecule has 0 atom stereocenters. The molecule has 0 spiro atoms. The number of hydrogen-bond donors (Lipinski definition) is 1. The van der Waals surface area contributed by atoms with E-state index in [1.165, 1.54) is 11.8 Å². The average Bonchev–Trinajstić information content (AvgIpc) is 3.08. The summed E-state index contributed by atoms with van der Waals surface area (Å²) in [6, 6.07) is 5.35. The third-order valence-electron chi connectivity index (χ3n) is 3.76. The third kappa shape index (κ3) is 5.37. The fraction of sp³-hybridized carbons (Fsp3) is 0.471. The summed E-state index contributed by atoms with van der Waals surface area (Å²) in [5.41, 5.74) is 0.770. The van der Waals surface area contributed by atoms with Crippen molar-refractivity contribution in [3.63, 3.8) is 0 Å². The first-order valence-corrected chi connectivity index (χ1v) is 9.62. The number of amides is 1. The number of aromatic nitrogens is 3. The molecule has 0 radical (unpaired) electrons. The minimum atomic E-state index is 0.199. The van der Waals surface area contributed by atoms with E-state index in [9.17, 15) is 4.79 Å². The molecular formula is C17H23ClN4O2S. The minimum Gasteiger partial charge on any atom is -0.496 e. The van der Waals surface area contributed by atoms with E-state index in [0.29, 0.717) is 28.2 Å². The molecule has 0 saturated heterocycles. The van der Waals surface area contributed by atoms with Crippen LogP contribution in [0.1, 0.15) is 26.7 Å². The van der Waals surface area contributed by atoms with Crippen molar-refractivity contribution in [1.29, 1.82) is 0 Å². The number of nitrogens with zero attached hydrogens (tertiary/aromatic N) is 3. The van der Waals surface area contributed by atoms with Gasteiger partial charge < -0.3 is 9.64 Å².